The fourth-order valence-corrected chi connectivity index (χ4v) is 3.06. The molecule has 0 fully saturated rings. The lowest BCUT2D eigenvalue weighted by Gasteiger charge is -2.30. The second kappa shape index (κ2) is 3.81. The fraction of sp³-hybridized carbons (Fsp3) is 0.533. The van der Waals surface area contributed by atoms with Gasteiger partial charge < -0.3 is 0 Å². The molecule has 0 saturated carbocycles. The minimum Gasteiger partial charge on any atom is -0.255 e. The van der Waals surface area contributed by atoms with E-state index in [1.165, 1.54) is 16.5 Å². The number of thiophene rings is 1. The van der Waals surface area contributed by atoms with Gasteiger partial charge in [0, 0.05) is 22.3 Å². The number of hydrogen-bond acceptors (Lipinski definition) is 2. The summed E-state index contributed by atoms with van der Waals surface area (Å²) in [7, 11) is 0. The van der Waals surface area contributed by atoms with Crippen LogP contribution in [-0.2, 0) is 10.8 Å². The van der Waals surface area contributed by atoms with Gasteiger partial charge in [-0.1, -0.05) is 41.5 Å². The fourth-order valence-electron chi connectivity index (χ4n) is 2.30. The van der Waals surface area contributed by atoms with Gasteiger partial charge in [0.2, 0.25) is 0 Å². The third kappa shape index (κ3) is 2.23. The SMILES string of the molecule is CC(C)(C)c1cnc2cscc2c1C(C)(C)C. The molecule has 2 aromatic heterocycles. The molecule has 0 aromatic carbocycles. The van der Waals surface area contributed by atoms with Crippen LogP contribution in [0.4, 0.5) is 0 Å². The first-order chi connectivity index (χ1) is 7.71. The Kier molecular flexibility index (Phi) is 2.81. The molecule has 0 radical (unpaired) electrons. The minimum atomic E-state index is 0.145. The molecular formula is C15H21NS. The smallest absolute Gasteiger partial charge is 0.0812 e. The molecule has 1 nitrogen and oxygen atoms in total. The summed E-state index contributed by atoms with van der Waals surface area (Å²) in [6.07, 6.45) is 2.07. The highest BCUT2D eigenvalue weighted by Gasteiger charge is 2.27. The van der Waals surface area contributed by atoms with Gasteiger partial charge in [-0.2, -0.15) is 0 Å². The monoisotopic (exact) mass is 247 g/mol. The zero-order chi connectivity index (χ0) is 12.8. The lowest BCUT2D eigenvalue weighted by Crippen LogP contribution is -2.22. The number of hydrogen-bond donors (Lipinski definition) is 0. The second-order valence-corrected chi connectivity index (χ2v) is 7.46. The van der Waals surface area contributed by atoms with Crippen LogP contribution < -0.4 is 0 Å². The zero-order valence-electron chi connectivity index (χ0n) is 11.6. The average molecular weight is 247 g/mol. The van der Waals surface area contributed by atoms with Gasteiger partial charge in [-0.05, 0) is 22.0 Å². The van der Waals surface area contributed by atoms with Gasteiger partial charge in [0.1, 0.15) is 0 Å². The first-order valence-electron chi connectivity index (χ1n) is 6.07. The molecule has 0 amide bonds. The van der Waals surface area contributed by atoms with E-state index in [2.05, 4.69) is 63.5 Å². The Labute approximate surface area is 108 Å². The van der Waals surface area contributed by atoms with Crippen molar-refractivity contribution in [1.29, 1.82) is 0 Å². The molecule has 0 aliphatic rings. The number of aromatic nitrogens is 1. The Balaban J connectivity index is 2.85. The Hall–Kier alpha value is -0.890. The highest BCUT2D eigenvalue weighted by molar-refractivity contribution is 7.09. The summed E-state index contributed by atoms with van der Waals surface area (Å²) in [5, 5.41) is 5.70. The predicted octanol–water partition coefficient (Wildman–Crippen LogP) is 4.89. The van der Waals surface area contributed by atoms with Crippen LogP contribution in [-0.4, -0.2) is 4.98 Å². The zero-order valence-corrected chi connectivity index (χ0v) is 12.4. The molecule has 0 saturated heterocycles. The Bertz CT molecular complexity index is 538. The van der Waals surface area contributed by atoms with E-state index in [4.69, 9.17) is 0 Å². The third-order valence-corrected chi connectivity index (χ3v) is 3.80. The summed E-state index contributed by atoms with van der Waals surface area (Å²) in [4.78, 5) is 4.59. The van der Waals surface area contributed by atoms with Crippen molar-refractivity contribution in [3.63, 3.8) is 0 Å². The molecule has 0 spiro atoms. The van der Waals surface area contributed by atoms with Gasteiger partial charge >= 0.3 is 0 Å². The van der Waals surface area contributed by atoms with Gasteiger partial charge in [-0.25, -0.2) is 0 Å². The van der Waals surface area contributed by atoms with Crippen LogP contribution >= 0.6 is 11.3 Å². The molecule has 0 aliphatic heterocycles. The number of fused-ring (bicyclic) bond motifs is 1. The quantitative estimate of drug-likeness (QED) is 0.646. The summed E-state index contributed by atoms with van der Waals surface area (Å²) in [5.74, 6) is 0. The number of pyridine rings is 1. The highest BCUT2D eigenvalue weighted by Crippen LogP contribution is 2.38. The Morgan fingerprint density at radius 1 is 0.941 bits per heavy atom. The lowest BCUT2D eigenvalue weighted by molar-refractivity contribution is 0.533. The van der Waals surface area contributed by atoms with Crippen molar-refractivity contribution >= 4 is 22.2 Å². The third-order valence-electron chi connectivity index (χ3n) is 3.07. The summed E-state index contributed by atoms with van der Waals surface area (Å²) in [6, 6.07) is 0. The molecule has 0 unspecified atom stereocenters. The highest BCUT2D eigenvalue weighted by atomic mass is 32.1. The van der Waals surface area contributed by atoms with E-state index in [1.54, 1.807) is 11.3 Å². The summed E-state index contributed by atoms with van der Waals surface area (Å²) in [6.45, 7) is 13.6. The summed E-state index contributed by atoms with van der Waals surface area (Å²) >= 11 is 1.74. The van der Waals surface area contributed by atoms with Gasteiger partial charge in [0.05, 0.1) is 5.52 Å². The van der Waals surface area contributed by atoms with Crippen LogP contribution in [0, 0.1) is 0 Å². The van der Waals surface area contributed by atoms with Crippen LogP contribution in [0.1, 0.15) is 52.7 Å². The van der Waals surface area contributed by atoms with E-state index < -0.39 is 0 Å². The van der Waals surface area contributed by atoms with Crippen LogP contribution in [0.2, 0.25) is 0 Å². The average Bonchev–Trinajstić information content (AvgIpc) is 2.59. The molecule has 2 heteroatoms. The standard InChI is InChI=1S/C15H21NS/c1-14(2,3)11-7-16-12-9-17-8-10(12)13(11)15(4,5)6/h7-9H,1-6H3. The Morgan fingerprint density at radius 2 is 1.59 bits per heavy atom. The molecule has 92 valence electrons. The van der Waals surface area contributed by atoms with Crippen molar-refractivity contribution in [2.24, 2.45) is 0 Å². The second-order valence-electron chi connectivity index (χ2n) is 6.72. The molecule has 2 rings (SSSR count). The maximum Gasteiger partial charge on any atom is 0.0812 e. The van der Waals surface area contributed by atoms with E-state index in [1.807, 2.05) is 0 Å². The Morgan fingerprint density at radius 3 is 2.12 bits per heavy atom. The molecule has 2 aromatic rings. The molecule has 17 heavy (non-hydrogen) atoms. The summed E-state index contributed by atoms with van der Waals surface area (Å²) < 4.78 is 0. The normalized spacial score (nSPS) is 13.3. The van der Waals surface area contributed by atoms with E-state index in [-0.39, 0.29) is 10.8 Å². The van der Waals surface area contributed by atoms with Crippen LogP contribution in [0.25, 0.3) is 10.9 Å². The molecule has 2 heterocycles. The molecule has 0 atom stereocenters. The molecule has 0 bridgehead atoms. The maximum absolute atomic E-state index is 4.59. The van der Waals surface area contributed by atoms with Crippen LogP contribution in [0.15, 0.2) is 17.0 Å². The first-order valence-corrected chi connectivity index (χ1v) is 7.01. The van der Waals surface area contributed by atoms with Crippen molar-refractivity contribution in [1.82, 2.24) is 4.98 Å². The lowest BCUT2D eigenvalue weighted by atomic mass is 9.75. The molecule has 0 N–H and O–H groups in total. The van der Waals surface area contributed by atoms with Crippen molar-refractivity contribution in [2.75, 3.05) is 0 Å². The van der Waals surface area contributed by atoms with Crippen molar-refractivity contribution in [3.8, 4) is 0 Å². The van der Waals surface area contributed by atoms with E-state index in [9.17, 15) is 0 Å². The molecular weight excluding hydrogens is 226 g/mol. The van der Waals surface area contributed by atoms with Crippen molar-refractivity contribution < 1.29 is 0 Å². The van der Waals surface area contributed by atoms with Gasteiger partial charge in [0.25, 0.3) is 0 Å². The van der Waals surface area contributed by atoms with Gasteiger partial charge in [-0.15, -0.1) is 11.3 Å². The topological polar surface area (TPSA) is 12.9 Å². The van der Waals surface area contributed by atoms with E-state index in [0.29, 0.717) is 0 Å². The largest absolute Gasteiger partial charge is 0.255 e. The van der Waals surface area contributed by atoms with Crippen LogP contribution in [0.3, 0.4) is 0 Å². The van der Waals surface area contributed by atoms with E-state index in [0.717, 1.165) is 5.52 Å². The first kappa shape index (κ1) is 12.6. The van der Waals surface area contributed by atoms with E-state index >= 15 is 0 Å². The van der Waals surface area contributed by atoms with Gasteiger partial charge in [0.15, 0.2) is 0 Å². The predicted molar refractivity (Wildman–Crippen MR) is 77.0 cm³/mol. The van der Waals surface area contributed by atoms with Gasteiger partial charge in [-0.3, -0.25) is 4.98 Å². The van der Waals surface area contributed by atoms with Crippen molar-refractivity contribution in [2.45, 2.75) is 52.4 Å². The number of rotatable bonds is 0. The number of nitrogens with zero attached hydrogens (tertiary/aromatic N) is 1. The van der Waals surface area contributed by atoms with Crippen molar-refractivity contribution in [3.05, 3.63) is 28.1 Å². The van der Waals surface area contributed by atoms with Crippen LogP contribution in [0.5, 0.6) is 0 Å². The molecule has 0 aliphatic carbocycles. The summed E-state index contributed by atoms with van der Waals surface area (Å²) in [5.41, 5.74) is 4.26. The maximum atomic E-state index is 4.59. The minimum absolute atomic E-state index is 0.145.